The molecule has 0 radical (unpaired) electrons. The molecule has 0 aliphatic heterocycles. The molecular weight excluding hydrogens is 284 g/mol. The summed E-state index contributed by atoms with van der Waals surface area (Å²) in [7, 11) is 0. The molecule has 1 aromatic carbocycles. The summed E-state index contributed by atoms with van der Waals surface area (Å²) in [4.78, 5) is 15.3. The van der Waals surface area contributed by atoms with E-state index < -0.39 is 0 Å². The van der Waals surface area contributed by atoms with E-state index in [1.165, 1.54) is 49.4 Å². The molecule has 0 aliphatic carbocycles. The van der Waals surface area contributed by atoms with Crippen LogP contribution >= 0.6 is 0 Å². The zero-order valence-corrected chi connectivity index (χ0v) is 13.8. The van der Waals surface area contributed by atoms with Gasteiger partial charge in [-0.1, -0.05) is 57.2 Å². The summed E-state index contributed by atoms with van der Waals surface area (Å²) in [5.74, 6) is 0. The number of nitrogens with zero attached hydrogens (tertiary/aromatic N) is 2. The molecule has 120 valence electrons. The van der Waals surface area contributed by atoms with Crippen LogP contribution in [0, 0.1) is 0 Å². The number of para-hydroxylation sites is 1. The third kappa shape index (κ3) is 3.29. The van der Waals surface area contributed by atoms with Crippen molar-refractivity contribution in [1.82, 2.24) is 9.55 Å². The lowest BCUT2D eigenvalue weighted by Gasteiger charge is -2.07. The van der Waals surface area contributed by atoms with Crippen molar-refractivity contribution in [2.24, 2.45) is 0 Å². The molecule has 2 aromatic heterocycles. The number of carbonyl (C=O) groups is 1. The molecule has 23 heavy (non-hydrogen) atoms. The number of pyridine rings is 1. The van der Waals surface area contributed by atoms with Gasteiger partial charge in [-0.2, -0.15) is 0 Å². The molecular formula is C20H24N2O. The molecule has 0 spiro atoms. The van der Waals surface area contributed by atoms with Crippen molar-refractivity contribution in [2.75, 3.05) is 0 Å². The Morgan fingerprint density at radius 3 is 2.61 bits per heavy atom. The van der Waals surface area contributed by atoms with Crippen molar-refractivity contribution in [3.63, 3.8) is 0 Å². The molecule has 0 amide bonds. The SMILES string of the molecule is CCCCCCCCn1c2ccccc2c2cc(C=O)ncc21. The van der Waals surface area contributed by atoms with Crippen LogP contribution in [0.5, 0.6) is 0 Å². The second-order valence-corrected chi connectivity index (χ2v) is 6.18. The smallest absolute Gasteiger partial charge is 0.168 e. The van der Waals surface area contributed by atoms with E-state index in [1.807, 2.05) is 12.3 Å². The summed E-state index contributed by atoms with van der Waals surface area (Å²) < 4.78 is 2.35. The molecule has 0 fully saturated rings. The highest BCUT2D eigenvalue weighted by molar-refractivity contribution is 6.08. The summed E-state index contributed by atoms with van der Waals surface area (Å²) >= 11 is 0. The molecule has 0 saturated carbocycles. The quantitative estimate of drug-likeness (QED) is 0.414. The molecule has 0 aliphatic rings. The van der Waals surface area contributed by atoms with E-state index in [2.05, 4.69) is 40.7 Å². The van der Waals surface area contributed by atoms with Crippen LogP contribution in [0.3, 0.4) is 0 Å². The van der Waals surface area contributed by atoms with E-state index in [0.29, 0.717) is 5.69 Å². The standard InChI is InChI=1S/C20H24N2O/c1-2-3-4-5-6-9-12-22-19-11-8-7-10-17(19)18-13-16(15-23)21-14-20(18)22/h7-8,10-11,13-15H,2-6,9,12H2,1H3. The maximum Gasteiger partial charge on any atom is 0.168 e. The predicted molar refractivity (Wildman–Crippen MR) is 96.0 cm³/mol. The van der Waals surface area contributed by atoms with Crippen LogP contribution in [-0.4, -0.2) is 15.8 Å². The highest BCUT2D eigenvalue weighted by atomic mass is 16.1. The van der Waals surface area contributed by atoms with Crippen molar-refractivity contribution >= 4 is 28.1 Å². The molecule has 0 atom stereocenters. The van der Waals surface area contributed by atoms with Gasteiger partial charge >= 0.3 is 0 Å². The fraction of sp³-hybridized carbons (Fsp3) is 0.400. The van der Waals surface area contributed by atoms with Gasteiger partial charge in [0.25, 0.3) is 0 Å². The average molecular weight is 308 g/mol. The van der Waals surface area contributed by atoms with Crippen LogP contribution < -0.4 is 0 Å². The number of aldehydes is 1. The number of unbranched alkanes of at least 4 members (excludes halogenated alkanes) is 5. The second kappa shape index (κ2) is 7.40. The summed E-state index contributed by atoms with van der Waals surface area (Å²) in [5.41, 5.74) is 2.87. The number of carbonyl (C=O) groups excluding carboxylic acids is 1. The van der Waals surface area contributed by atoms with E-state index in [1.54, 1.807) is 0 Å². The zero-order chi connectivity index (χ0) is 16.1. The molecule has 2 heterocycles. The van der Waals surface area contributed by atoms with Crippen LogP contribution in [0.1, 0.15) is 55.9 Å². The second-order valence-electron chi connectivity index (χ2n) is 6.18. The molecule has 0 bridgehead atoms. The number of aromatic nitrogens is 2. The van der Waals surface area contributed by atoms with Crippen molar-refractivity contribution in [3.05, 3.63) is 42.2 Å². The highest BCUT2D eigenvalue weighted by Crippen LogP contribution is 2.29. The Labute approximate surface area is 137 Å². The van der Waals surface area contributed by atoms with Crippen LogP contribution in [0.25, 0.3) is 21.8 Å². The number of benzene rings is 1. The third-order valence-electron chi connectivity index (χ3n) is 4.54. The van der Waals surface area contributed by atoms with Gasteiger partial charge in [-0.15, -0.1) is 0 Å². The summed E-state index contributed by atoms with van der Waals surface area (Å²) in [6.07, 6.45) is 10.4. The summed E-state index contributed by atoms with van der Waals surface area (Å²) in [5, 5.41) is 2.34. The first-order valence-corrected chi connectivity index (χ1v) is 8.67. The maximum absolute atomic E-state index is 11.0. The van der Waals surface area contributed by atoms with Crippen LogP contribution in [0.4, 0.5) is 0 Å². The Morgan fingerprint density at radius 2 is 1.78 bits per heavy atom. The first kappa shape index (κ1) is 15.7. The summed E-state index contributed by atoms with van der Waals surface area (Å²) in [6, 6.07) is 10.3. The van der Waals surface area contributed by atoms with Crippen LogP contribution in [0.2, 0.25) is 0 Å². The predicted octanol–water partition coefficient (Wildman–Crippen LogP) is 5.36. The fourth-order valence-corrected chi connectivity index (χ4v) is 3.32. The maximum atomic E-state index is 11.0. The minimum absolute atomic E-state index is 0.500. The van der Waals surface area contributed by atoms with Gasteiger partial charge in [0.1, 0.15) is 5.69 Å². The Bertz CT molecular complexity index is 804. The number of rotatable bonds is 8. The van der Waals surface area contributed by atoms with E-state index in [0.717, 1.165) is 23.7 Å². The van der Waals surface area contributed by atoms with E-state index >= 15 is 0 Å². The Kier molecular flexibility index (Phi) is 5.06. The Balaban J connectivity index is 1.87. The molecule has 3 aromatic rings. The van der Waals surface area contributed by atoms with Gasteiger partial charge in [-0.25, -0.2) is 0 Å². The lowest BCUT2D eigenvalue weighted by atomic mass is 10.1. The largest absolute Gasteiger partial charge is 0.339 e. The minimum atomic E-state index is 0.500. The molecule has 3 heteroatoms. The van der Waals surface area contributed by atoms with Crippen LogP contribution in [-0.2, 0) is 6.54 Å². The van der Waals surface area contributed by atoms with Gasteiger partial charge in [0.2, 0.25) is 0 Å². The number of hydrogen-bond donors (Lipinski definition) is 0. The van der Waals surface area contributed by atoms with E-state index in [-0.39, 0.29) is 0 Å². The van der Waals surface area contributed by atoms with Crippen molar-refractivity contribution in [2.45, 2.75) is 52.0 Å². The van der Waals surface area contributed by atoms with Crippen molar-refractivity contribution in [3.8, 4) is 0 Å². The number of aryl methyl sites for hydroxylation is 1. The van der Waals surface area contributed by atoms with Gasteiger partial charge in [0.15, 0.2) is 6.29 Å². The fourth-order valence-electron chi connectivity index (χ4n) is 3.32. The summed E-state index contributed by atoms with van der Waals surface area (Å²) in [6.45, 7) is 3.26. The third-order valence-corrected chi connectivity index (χ3v) is 4.54. The molecule has 0 saturated heterocycles. The van der Waals surface area contributed by atoms with Crippen molar-refractivity contribution < 1.29 is 4.79 Å². The molecule has 3 rings (SSSR count). The number of fused-ring (bicyclic) bond motifs is 3. The van der Waals surface area contributed by atoms with E-state index in [9.17, 15) is 4.79 Å². The van der Waals surface area contributed by atoms with E-state index in [4.69, 9.17) is 0 Å². The molecule has 0 unspecified atom stereocenters. The first-order chi connectivity index (χ1) is 11.3. The normalized spacial score (nSPS) is 11.3. The first-order valence-electron chi connectivity index (χ1n) is 8.67. The average Bonchev–Trinajstić information content (AvgIpc) is 2.91. The highest BCUT2D eigenvalue weighted by Gasteiger charge is 2.11. The Morgan fingerprint density at radius 1 is 1.00 bits per heavy atom. The topological polar surface area (TPSA) is 34.9 Å². The minimum Gasteiger partial charge on any atom is -0.339 e. The van der Waals surface area contributed by atoms with Gasteiger partial charge in [-0.05, 0) is 18.6 Å². The Hall–Kier alpha value is -2.16. The molecule has 0 N–H and O–H groups in total. The van der Waals surface area contributed by atoms with Crippen molar-refractivity contribution in [1.29, 1.82) is 0 Å². The zero-order valence-electron chi connectivity index (χ0n) is 13.8. The van der Waals surface area contributed by atoms with Gasteiger partial charge in [0.05, 0.1) is 11.7 Å². The molecule has 3 nitrogen and oxygen atoms in total. The van der Waals surface area contributed by atoms with Gasteiger partial charge < -0.3 is 4.57 Å². The van der Waals surface area contributed by atoms with Gasteiger partial charge in [0, 0.05) is 22.8 Å². The number of hydrogen-bond acceptors (Lipinski definition) is 2. The van der Waals surface area contributed by atoms with Crippen LogP contribution in [0.15, 0.2) is 36.5 Å². The lowest BCUT2D eigenvalue weighted by Crippen LogP contribution is -1.98. The van der Waals surface area contributed by atoms with Gasteiger partial charge in [-0.3, -0.25) is 9.78 Å². The monoisotopic (exact) mass is 308 g/mol. The lowest BCUT2D eigenvalue weighted by molar-refractivity contribution is 0.111.